The van der Waals surface area contributed by atoms with Gasteiger partial charge < -0.3 is 9.64 Å². The highest BCUT2D eigenvalue weighted by Crippen LogP contribution is 2.22. The first kappa shape index (κ1) is 12.8. The second kappa shape index (κ2) is 6.34. The lowest BCUT2D eigenvalue weighted by molar-refractivity contribution is 0.103. The van der Waals surface area contributed by atoms with Crippen molar-refractivity contribution in [2.75, 3.05) is 20.1 Å². The summed E-state index contributed by atoms with van der Waals surface area (Å²) in [6, 6.07) is 7.73. The predicted octanol–water partition coefficient (Wildman–Crippen LogP) is 2.00. The van der Waals surface area contributed by atoms with Gasteiger partial charge >= 0.3 is 0 Å². The third-order valence-electron chi connectivity index (χ3n) is 3.16. The molecule has 2 rings (SSSR count). The Balaban J connectivity index is 2.05. The molecule has 1 atom stereocenters. The summed E-state index contributed by atoms with van der Waals surface area (Å²) in [6.45, 7) is 2.42. The number of isocyanates is 1. The Labute approximate surface area is 107 Å². The van der Waals surface area contributed by atoms with Crippen LogP contribution in [0.3, 0.4) is 0 Å². The van der Waals surface area contributed by atoms with Crippen LogP contribution in [0.2, 0.25) is 0 Å². The Morgan fingerprint density at radius 1 is 1.50 bits per heavy atom. The summed E-state index contributed by atoms with van der Waals surface area (Å²) in [6.07, 6.45) is 4.03. The van der Waals surface area contributed by atoms with E-state index in [9.17, 15) is 4.79 Å². The van der Waals surface area contributed by atoms with Gasteiger partial charge in [-0.3, -0.25) is 0 Å². The molecule has 1 aromatic carbocycles. The molecule has 0 bridgehead atoms. The Kier molecular flexibility index (Phi) is 4.51. The smallest absolute Gasteiger partial charge is 0.235 e. The molecule has 1 heterocycles. The summed E-state index contributed by atoms with van der Waals surface area (Å²) < 4.78 is 6.02. The van der Waals surface area contributed by atoms with Gasteiger partial charge in [-0.05, 0) is 32.5 Å². The quantitative estimate of drug-likeness (QED) is 0.602. The molecular formula is C14H18N2O2. The lowest BCUT2D eigenvalue weighted by Gasteiger charge is -2.30. The minimum atomic E-state index is 0.227. The molecule has 0 amide bonds. The molecule has 18 heavy (non-hydrogen) atoms. The molecule has 4 nitrogen and oxygen atoms in total. The summed E-state index contributed by atoms with van der Waals surface area (Å²) in [5, 5.41) is 0. The standard InChI is InChI=1S/C14H18N2O2/c1-16-8-4-6-13(10-16)18-14-7-3-2-5-12(14)9-15-11-17/h2-3,5,7,13H,4,6,8-10H2,1H3. The first-order chi connectivity index (χ1) is 8.79. The molecule has 1 unspecified atom stereocenters. The number of piperidine rings is 1. The van der Waals surface area contributed by atoms with Crippen LogP contribution >= 0.6 is 0 Å². The van der Waals surface area contributed by atoms with Crippen LogP contribution in [0.1, 0.15) is 18.4 Å². The lowest BCUT2D eigenvalue weighted by atomic mass is 10.1. The van der Waals surface area contributed by atoms with Gasteiger partial charge in [-0.1, -0.05) is 18.2 Å². The number of likely N-dealkylation sites (N-methyl/N-ethyl adjacent to an activating group) is 1. The number of hydrogen-bond acceptors (Lipinski definition) is 4. The molecule has 1 fully saturated rings. The molecule has 0 aromatic heterocycles. The SMILES string of the molecule is CN1CCCC(Oc2ccccc2CN=C=O)C1. The zero-order valence-electron chi connectivity index (χ0n) is 10.6. The van der Waals surface area contributed by atoms with E-state index in [0.29, 0.717) is 6.54 Å². The molecular weight excluding hydrogens is 228 g/mol. The van der Waals surface area contributed by atoms with Gasteiger partial charge in [0, 0.05) is 12.1 Å². The van der Waals surface area contributed by atoms with E-state index < -0.39 is 0 Å². The van der Waals surface area contributed by atoms with Crippen molar-refractivity contribution < 1.29 is 9.53 Å². The fourth-order valence-corrected chi connectivity index (χ4v) is 2.26. The summed E-state index contributed by atoms with van der Waals surface area (Å²) >= 11 is 0. The summed E-state index contributed by atoms with van der Waals surface area (Å²) in [7, 11) is 2.11. The van der Waals surface area contributed by atoms with E-state index in [4.69, 9.17) is 4.74 Å². The molecule has 1 aliphatic rings. The minimum absolute atomic E-state index is 0.227. The van der Waals surface area contributed by atoms with E-state index in [1.54, 1.807) is 6.08 Å². The number of carbonyl (C=O) groups excluding carboxylic acids is 1. The molecule has 0 radical (unpaired) electrons. The highest BCUT2D eigenvalue weighted by atomic mass is 16.5. The van der Waals surface area contributed by atoms with Crippen LogP contribution in [0.25, 0.3) is 0 Å². The van der Waals surface area contributed by atoms with Crippen molar-refractivity contribution in [3.8, 4) is 5.75 Å². The maximum atomic E-state index is 10.2. The van der Waals surface area contributed by atoms with Gasteiger partial charge in [0.15, 0.2) is 0 Å². The first-order valence-electron chi connectivity index (χ1n) is 6.26. The zero-order valence-corrected chi connectivity index (χ0v) is 10.6. The van der Waals surface area contributed by atoms with Crippen LogP contribution in [0.15, 0.2) is 29.3 Å². The fraction of sp³-hybridized carbons (Fsp3) is 0.500. The van der Waals surface area contributed by atoms with Crippen LogP contribution in [-0.2, 0) is 11.3 Å². The van der Waals surface area contributed by atoms with Gasteiger partial charge in [-0.25, -0.2) is 9.79 Å². The number of aliphatic imine (C=N–C) groups is 1. The van der Waals surface area contributed by atoms with Gasteiger partial charge in [0.2, 0.25) is 6.08 Å². The Bertz CT molecular complexity index is 441. The van der Waals surface area contributed by atoms with Crippen molar-refractivity contribution in [3.05, 3.63) is 29.8 Å². The fourth-order valence-electron chi connectivity index (χ4n) is 2.26. The summed E-state index contributed by atoms with van der Waals surface area (Å²) in [4.78, 5) is 16.1. The normalized spacial score (nSPS) is 20.2. The van der Waals surface area contributed by atoms with Crippen molar-refractivity contribution in [1.82, 2.24) is 4.90 Å². The topological polar surface area (TPSA) is 41.9 Å². The highest BCUT2D eigenvalue weighted by Gasteiger charge is 2.19. The zero-order chi connectivity index (χ0) is 12.8. The number of benzene rings is 1. The van der Waals surface area contributed by atoms with Crippen LogP contribution in [-0.4, -0.2) is 37.2 Å². The highest BCUT2D eigenvalue weighted by molar-refractivity contribution is 5.37. The van der Waals surface area contributed by atoms with Crippen LogP contribution < -0.4 is 4.74 Å². The molecule has 4 heteroatoms. The maximum absolute atomic E-state index is 10.2. The van der Waals surface area contributed by atoms with Gasteiger partial charge in [0.25, 0.3) is 0 Å². The number of likely N-dealkylation sites (tertiary alicyclic amines) is 1. The van der Waals surface area contributed by atoms with E-state index in [2.05, 4.69) is 16.9 Å². The Hall–Kier alpha value is -1.64. The van der Waals surface area contributed by atoms with E-state index in [-0.39, 0.29) is 6.10 Å². The second-order valence-corrected chi connectivity index (χ2v) is 4.66. The van der Waals surface area contributed by atoms with Crippen molar-refractivity contribution in [1.29, 1.82) is 0 Å². The predicted molar refractivity (Wildman–Crippen MR) is 69.4 cm³/mol. The van der Waals surface area contributed by atoms with Crippen LogP contribution in [0.4, 0.5) is 0 Å². The molecule has 0 N–H and O–H groups in total. The lowest BCUT2D eigenvalue weighted by Crippen LogP contribution is -2.38. The van der Waals surface area contributed by atoms with E-state index in [1.165, 1.54) is 0 Å². The molecule has 0 saturated carbocycles. The van der Waals surface area contributed by atoms with Gasteiger partial charge in [0.1, 0.15) is 11.9 Å². The van der Waals surface area contributed by atoms with Crippen LogP contribution in [0, 0.1) is 0 Å². The maximum Gasteiger partial charge on any atom is 0.235 e. The molecule has 1 saturated heterocycles. The van der Waals surface area contributed by atoms with E-state index in [0.717, 1.165) is 37.2 Å². The molecule has 1 aromatic rings. The average Bonchev–Trinajstić information content (AvgIpc) is 2.38. The van der Waals surface area contributed by atoms with E-state index >= 15 is 0 Å². The monoisotopic (exact) mass is 246 g/mol. The largest absolute Gasteiger partial charge is 0.489 e. The Morgan fingerprint density at radius 3 is 3.11 bits per heavy atom. The number of para-hydroxylation sites is 1. The van der Waals surface area contributed by atoms with Crippen LogP contribution in [0.5, 0.6) is 5.75 Å². The number of hydrogen-bond donors (Lipinski definition) is 0. The van der Waals surface area contributed by atoms with Crippen molar-refractivity contribution in [2.24, 2.45) is 4.99 Å². The minimum Gasteiger partial charge on any atom is -0.489 e. The Morgan fingerprint density at radius 2 is 2.33 bits per heavy atom. The second-order valence-electron chi connectivity index (χ2n) is 4.66. The molecule has 0 spiro atoms. The first-order valence-corrected chi connectivity index (χ1v) is 6.26. The summed E-state index contributed by atoms with van der Waals surface area (Å²) in [5.74, 6) is 0.830. The van der Waals surface area contributed by atoms with Gasteiger partial charge in [0.05, 0.1) is 6.54 Å². The molecule has 0 aliphatic carbocycles. The molecule has 1 aliphatic heterocycles. The number of rotatable bonds is 4. The van der Waals surface area contributed by atoms with Crippen molar-refractivity contribution in [2.45, 2.75) is 25.5 Å². The third kappa shape index (κ3) is 3.42. The molecule has 96 valence electrons. The number of ether oxygens (including phenoxy) is 1. The third-order valence-corrected chi connectivity index (χ3v) is 3.16. The van der Waals surface area contributed by atoms with E-state index in [1.807, 2.05) is 24.3 Å². The van der Waals surface area contributed by atoms with Crippen molar-refractivity contribution >= 4 is 6.08 Å². The average molecular weight is 246 g/mol. The van der Waals surface area contributed by atoms with Gasteiger partial charge in [-0.2, -0.15) is 0 Å². The number of nitrogens with zero attached hydrogens (tertiary/aromatic N) is 2. The summed E-state index contributed by atoms with van der Waals surface area (Å²) in [5.41, 5.74) is 0.939. The van der Waals surface area contributed by atoms with Gasteiger partial charge in [-0.15, -0.1) is 0 Å². The van der Waals surface area contributed by atoms with Crippen molar-refractivity contribution in [3.63, 3.8) is 0 Å².